The van der Waals surface area contributed by atoms with Crippen molar-refractivity contribution < 1.29 is 25.3 Å². The molecule has 0 N–H and O–H groups in total. The first kappa shape index (κ1) is 26.2. The monoisotopic (exact) mass is 552 g/mol. The third-order valence-electron chi connectivity index (χ3n) is 5.29. The summed E-state index contributed by atoms with van der Waals surface area (Å²) in [5, 5.41) is 15.5. The van der Waals surface area contributed by atoms with Gasteiger partial charge in [0.25, 0.3) is 0 Å². The molecule has 0 radical (unpaired) electrons. The molecule has 0 fully saturated rings. The first-order chi connectivity index (χ1) is 17.6. The van der Waals surface area contributed by atoms with Crippen molar-refractivity contribution in [3.63, 3.8) is 0 Å². The van der Waals surface area contributed by atoms with Crippen LogP contribution in [0.25, 0.3) is 5.57 Å². The van der Waals surface area contributed by atoms with Crippen molar-refractivity contribution in [3.8, 4) is 11.8 Å². The van der Waals surface area contributed by atoms with Gasteiger partial charge < -0.3 is 4.18 Å². The Morgan fingerprint density at radius 2 is 1.49 bits per heavy atom. The number of rotatable bonds is 7. The van der Waals surface area contributed by atoms with Gasteiger partial charge >= 0.3 is 20.2 Å². The van der Waals surface area contributed by atoms with Crippen LogP contribution in [0, 0.1) is 25.2 Å². The molecule has 0 saturated carbocycles. The predicted molar refractivity (Wildman–Crippen MR) is 142 cm³/mol. The summed E-state index contributed by atoms with van der Waals surface area (Å²) in [5.74, 6) is -0.0662. The average molecular weight is 553 g/mol. The summed E-state index contributed by atoms with van der Waals surface area (Å²) >= 11 is 1.12. The molecule has 3 aromatic rings. The highest BCUT2D eigenvalue weighted by Gasteiger charge is 2.23. The number of aryl methyl sites for hydroxylation is 2. The molecule has 0 atom stereocenters. The molecule has 1 aliphatic heterocycles. The lowest BCUT2D eigenvalue weighted by Gasteiger charge is -2.09. The number of hydrogen-bond acceptors (Lipinski definition) is 9. The van der Waals surface area contributed by atoms with E-state index in [2.05, 4.69) is 11.2 Å². The fraction of sp³-hybridized carbons (Fsp3) is 0.0769. The van der Waals surface area contributed by atoms with Crippen molar-refractivity contribution in [1.82, 2.24) is 0 Å². The van der Waals surface area contributed by atoms with Gasteiger partial charge in [-0.1, -0.05) is 58.9 Å². The maximum atomic E-state index is 12.7. The Labute approximate surface area is 219 Å². The van der Waals surface area contributed by atoms with Crippen LogP contribution in [0.3, 0.4) is 0 Å². The molecule has 188 valence electrons. The summed E-state index contributed by atoms with van der Waals surface area (Å²) in [7, 11) is -8.42. The van der Waals surface area contributed by atoms with E-state index in [1.165, 1.54) is 24.3 Å². The van der Waals surface area contributed by atoms with Gasteiger partial charge in [-0.05, 0) is 72.9 Å². The van der Waals surface area contributed by atoms with Crippen molar-refractivity contribution in [2.24, 2.45) is 5.16 Å². The van der Waals surface area contributed by atoms with Gasteiger partial charge in [-0.15, -0.1) is 0 Å². The van der Waals surface area contributed by atoms with E-state index in [1.54, 1.807) is 29.7 Å². The van der Waals surface area contributed by atoms with E-state index >= 15 is 0 Å². The van der Waals surface area contributed by atoms with Crippen LogP contribution >= 0.6 is 11.8 Å². The number of nitriles is 1. The molecule has 1 heterocycles. The number of hydrogen-bond donors (Lipinski definition) is 0. The summed E-state index contributed by atoms with van der Waals surface area (Å²) in [5.41, 5.74) is 3.28. The molecular weight excluding hydrogens is 532 g/mol. The fourth-order valence-electron chi connectivity index (χ4n) is 3.35. The first-order valence-corrected chi connectivity index (χ1v) is 14.5. The van der Waals surface area contributed by atoms with Crippen molar-refractivity contribution in [2.75, 3.05) is 0 Å². The van der Waals surface area contributed by atoms with Crippen molar-refractivity contribution in [1.29, 1.82) is 5.26 Å². The Hall–Kier alpha value is -3.85. The first-order valence-electron chi connectivity index (χ1n) is 10.8. The average Bonchev–Trinajstić information content (AvgIpc) is 3.33. The van der Waals surface area contributed by atoms with Crippen LogP contribution < -0.4 is 4.18 Å². The molecule has 0 aliphatic carbocycles. The summed E-state index contributed by atoms with van der Waals surface area (Å²) < 4.78 is 60.3. The second-order valence-electron chi connectivity index (χ2n) is 7.88. The van der Waals surface area contributed by atoms with Crippen LogP contribution in [-0.2, 0) is 24.5 Å². The number of allylic oxidation sites excluding steroid dienone is 2. The molecule has 4 rings (SSSR count). The molecule has 0 saturated heterocycles. The second kappa shape index (κ2) is 10.6. The van der Waals surface area contributed by atoms with E-state index in [1.807, 2.05) is 32.0 Å². The Morgan fingerprint density at radius 1 is 0.865 bits per heavy atom. The van der Waals surface area contributed by atoms with Crippen LogP contribution in [0.5, 0.6) is 5.75 Å². The van der Waals surface area contributed by atoms with E-state index in [0.717, 1.165) is 35.0 Å². The zero-order valence-electron chi connectivity index (χ0n) is 19.7. The van der Waals surface area contributed by atoms with E-state index in [4.69, 9.17) is 8.47 Å². The fourth-order valence-corrected chi connectivity index (χ4v) is 5.76. The number of benzene rings is 3. The molecule has 0 bridgehead atoms. The molecule has 3 aromatic carbocycles. The Balaban J connectivity index is 1.53. The van der Waals surface area contributed by atoms with Gasteiger partial charge in [0.15, 0.2) is 0 Å². The SMILES string of the molecule is Cc1ccc(S(=O)(=O)Oc2ccc(S(=O)(=O)O/N=C3\SC=C\C3=C(\C#N)c3ccccc3C)cc2)cc1. The highest BCUT2D eigenvalue weighted by molar-refractivity contribution is 8.17. The zero-order chi connectivity index (χ0) is 26.6. The van der Waals surface area contributed by atoms with Crippen LogP contribution in [0.1, 0.15) is 16.7 Å². The van der Waals surface area contributed by atoms with Gasteiger partial charge in [0.2, 0.25) is 0 Å². The topological polar surface area (TPSA) is 123 Å². The third kappa shape index (κ3) is 5.94. The van der Waals surface area contributed by atoms with Crippen molar-refractivity contribution in [3.05, 3.63) is 107 Å². The number of thioether (sulfide) groups is 1. The number of nitrogens with zero attached hydrogens (tertiary/aromatic N) is 2. The van der Waals surface area contributed by atoms with Crippen LogP contribution in [-0.4, -0.2) is 21.9 Å². The van der Waals surface area contributed by atoms with Crippen molar-refractivity contribution >= 4 is 42.6 Å². The maximum Gasteiger partial charge on any atom is 0.358 e. The molecule has 1 aliphatic rings. The second-order valence-corrected chi connectivity index (χ2v) is 11.9. The lowest BCUT2D eigenvalue weighted by Crippen LogP contribution is -2.10. The van der Waals surface area contributed by atoms with Gasteiger partial charge in [-0.3, -0.25) is 4.28 Å². The van der Waals surface area contributed by atoms with E-state index < -0.39 is 20.2 Å². The summed E-state index contributed by atoms with van der Waals surface area (Å²) in [6, 6.07) is 20.4. The van der Waals surface area contributed by atoms with Gasteiger partial charge in [0.05, 0.1) is 5.57 Å². The van der Waals surface area contributed by atoms with E-state index in [0.29, 0.717) is 16.7 Å². The summed E-state index contributed by atoms with van der Waals surface area (Å²) in [6.45, 7) is 3.70. The molecule has 0 amide bonds. The molecule has 8 nitrogen and oxygen atoms in total. The Bertz CT molecular complexity index is 1680. The standard InChI is InChI=1S/C26H20N2O6S3/c1-18-7-11-21(12-8-18)36(29,30)33-20-9-13-22(14-10-20)37(31,32)34-28-26-24(15-16-35-26)25(17-27)23-6-4-3-5-19(23)2/h3-16H,1-2H3/b25-24+,28-26-. The van der Waals surface area contributed by atoms with Gasteiger partial charge in [-0.25, -0.2) is 0 Å². The minimum absolute atomic E-state index is 0.0251. The van der Waals surface area contributed by atoms with Crippen LogP contribution in [0.15, 0.2) is 105 Å². The quantitative estimate of drug-likeness (QED) is 0.219. The van der Waals surface area contributed by atoms with Gasteiger partial charge in [0, 0.05) is 5.57 Å². The Morgan fingerprint density at radius 3 is 2.14 bits per heavy atom. The highest BCUT2D eigenvalue weighted by Crippen LogP contribution is 2.32. The molecule has 0 spiro atoms. The van der Waals surface area contributed by atoms with Gasteiger partial charge in [0.1, 0.15) is 26.7 Å². The van der Waals surface area contributed by atoms with Crippen LogP contribution in [0.4, 0.5) is 0 Å². The minimum Gasteiger partial charge on any atom is -0.379 e. The summed E-state index contributed by atoms with van der Waals surface area (Å²) in [6.07, 6.45) is 1.67. The smallest absolute Gasteiger partial charge is 0.358 e. The molecular formula is C26H20N2O6S3. The van der Waals surface area contributed by atoms with Crippen LogP contribution in [0.2, 0.25) is 0 Å². The van der Waals surface area contributed by atoms with E-state index in [-0.39, 0.29) is 20.6 Å². The zero-order valence-corrected chi connectivity index (χ0v) is 22.1. The molecule has 0 unspecified atom stereocenters. The maximum absolute atomic E-state index is 12.7. The normalized spacial score (nSPS) is 15.9. The predicted octanol–water partition coefficient (Wildman–Crippen LogP) is 5.33. The molecule has 0 aromatic heterocycles. The highest BCUT2D eigenvalue weighted by atomic mass is 32.2. The molecule has 37 heavy (non-hydrogen) atoms. The minimum atomic E-state index is -4.33. The van der Waals surface area contributed by atoms with Crippen molar-refractivity contribution in [2.45, 2.75) is 23.6 Å². The summed E-state index contributed by atoms with van der Waals surface area (Å²) in [4.78, 5) is -0.277. The molecule has 11 heteroatoms. The lowest BCUT2D eigenvalue weighted by molar-refractivity contribution is 0.340. The van der Waals surface area contributed by atoms with E-state index in [9.17, 15) is 22.1 Å². The lowest BCUT2D eigenvalue weighted by atomic mass is 9.97. The largest absolute Gasteiger partial charge is 0.379 e. The number of oxime groups is 1. The Kier molecular flexibility index (Phi) is 7.54. The third-order valence-corrected chi connectivity index (χ3v) is 8.46. The van der Waals surface area contributed by atoms with Gasteiger partial charge in [-0.2, -0.15) is 22.1 Å².